The standard InChI is InChI=1S/C17H24N4O5/c1-20(7-11-5-3-2-4-6-11)8-12-9-21(19-18-12)10-13-14(22)15(23)16(24)17(25)26-13/h2-6,9,13-17,22-25H,7-8,10H2,1H3/t13-,14-,15+,16-,17?/m1/s1. The van der Waals surface area contributed by atoms with E-state index in [1.807, 2.05) is 25.2 Å². The van der Waals surface area contributed by atoms with Gasteiger partial charge in [-0.05, 0) is 12.6 Å². The van der Waals surface area contributed by atoms with Gasteiger partial charge in [0.1, 0.15) is 24.4 Å². The third-order valence-electron chi connectivity index (χ3n) is 4.37. The molecule has 9 heteroatoms. The Balaban J connectivity index is 1.56. The number of benzene rings is 1. The first kappa shape index (κ1) is 18.9. The molecule has 26 heavy (non-hydrogen) atoms. The normalized spacial score (nSPS) is 29.2. The number of nitrogens with zero attached hydrogens (tertiary/aromatic N) is 4. The molecule has 4 N–H and O–H groups in total. The number of rotatable bonds is 6. The van der Waals surface area contributed by atoms with Gasteiger partial charge in [-0.3, -0.25) is 4.90 Å². The van der Waals surface area contributed by atoms with Gasteiger partial charge in [0.25, 0.3) is 0 Å². The molecule has 1 unspecified atom stereocenters. The van der Waals surface area contributed by atoms with Crippen LogP contribution >= 0.6 is 0 Å². The average molecular weight is 364 g/mol. The summed E-state index contributed by atoms with van der Waals surface area (Å²) in [5, 5.41) is 46.9. The highest BCUT2D eigenvalue weighted by molar-refractivity contribution is 5.14. The maximum atomic E-state index is 9.99. The smallest absolute Gasteiger partial charge is 0.184 e. The number of aromatic nitrogens is 3. The van der Waals surface area contributed by atoms with Crippen LogP contribution in [0.2, 0.25) is 0 Å². The van der Waals surface area contributed by atoms with Gasteiger partial charge in [0.15, 0.2) is 6.29 Å². The van der Waals surface area contributed by atoms with Crippen molar-refractivity contribution >= 4 is 0 Å². The SMILES string of the molecule is CN(Cc1ccccc1)Cc1cn(C[C@H]2OC(O)[C@H](O)[C@@H](O)[C@@H]2O)nn1. The van der Waals surface area contributed by atoms with Gasteiger partial charge < -0.3 is 25.2 Å². The summed E-state index contributed by atoms with van der Waals surface area (Å²) in [7, 11) is 1.98. The van der Waals surface area contributed by atoms with Crippen molar-refractivity contribution in [3.63, 3.8) is 0 Å². The van der Waals surface area contributed by atoms with E-state index in [2.05, 4.69) is 27.3 Å². The summed E-state index contributed by atoms with van der Waals surface area (Å²) < 4.78 is 6.63. The molecule has 5 atom stereocenters. The predicted octanol–water partition coefficient (Wildman–Crippen LogP) is -1.29. The number of aliphatic hydroxyl groups is 4. The van der Waals surface area contributed by atoms with E-state index in [9.17, 15) is 20.4 Å². The highest BCUT2D eigenvalue weighted by Crippen LogP contribution is 2.21. The third-order valence-corrected chi connectivity index (χ3v) is 4.37. The number of ether oxygens (including phenoxy) is 1. The fourth-order valence-corrected chi connectivity index (χ4v) is 2.99. The Labute approximate surface area is 151 Å². The van der Waals surface area contributed by atoms with E-state index in [1.165, 1.54) is 10.2 Å². The molecule has 1 aliphatic heterocycles. The second-order valence-corrected chi connectivity index (χ2v) is 6.63. The summed E-state index contributed by atoms with van der Waals surface area (Å²) in [4.78, 5) is 2.10. The van der Waals surface area contributed by atoms with Crippen LogP contribution in [0.25, 0.3) is 0 Å². The molecule has 2 aromatic rings. The molecule has 0 aliphatic carbocycles. The first-order chi connectivity index (χ1) is 12.4. The zero-order chi connectivity index (χ0) is 18.7. The van der Waals surface area contributed by atoms with Crippen LogP contribution in [0.5, 0.6) is 0 Å². The predicted molar refractivity (Wildman–Crippen MR) is 90.5 cm³/mol. The van der Waals surface area contributed by atoms with Crippen LogP contribution < -0.4 is 0 Å². The lowest BCUT2D eigenvalue weighted by Crippen LogP contribution is -2.58. The second-order valence-electron chi connectivity index (χ2n) is 6.63. The zero-order valence-corrected chi connectivity index (χ0v) is 14.5. The minimum atomic E-state index is -1.56. The molecule has 1 aromatic heterocycles. The van der Waals surface area contributed by atoms with Crippen LogP contribution in [0.15, 0.2) is 36.5 Å². The minimum Gasteiger partial charge on any atom is -0.388 e. The van der Waals surface area contributed by atoms with E-state index < -0.39 is 30.7 Å². The van der Waals surface area contributed by atoms with E-state index in [4.69, 9.17) is 4.74 Å². The Morgan fingerprint density at radius 3 is 2.50 bits per heavy atom. The van der Waals surface area contributed by atoms with Crippen molar-refractivity contribution in [3.8, 4) is 0 Å². The van der Waals surface area contributed by atoms with Crippen LogP contribution in [0.3, 0.4) is 0 Å². The van der Waals surface area contributed by atoms with Crippen LogP contribution in [0.1, 0.15) is 11.3 Å². The highest BCUT2D eigenvalue weighted by Gasteiger charge is 2.43. The molecule has 1 aliphatic rings. The monoisotopic (exact) mass is 364 g/mol. The van der Waals surface area contributed by atoms with E-state index >= 15 is 0 Å². The van der Waals surface area contributed by atoms with Gasteiger partial charge in [-0.2, -0.15) is 0 Å². The second kappa shape index (κ2) is 8.21. The molecule has 2 heterocycles. The first-order valence-corrected chi connectivity index (χ1v) is 8.43. The average Bonchev–Trinajstić information content (AvgIpc) is 3.05. The summed E-state index contributed by atoms with van der Waals surface area (Å²) in [6.07, 6.45) is -5.09. The minimum absolute atomic E-state index is 0.0946. The maximum Gasteiger partial charge on any atom is 0.184 e. The molecule has 0 radical (unpaired) electrons. The summed E-state index contributed by atoms with van der Waals surface area (Å²) in [5.74, 6) is 0. The molecule has 1 aromatic carbocycles. The fraction of sp³-hybridized carbons (Fsp3) is 0.529. The molecule has 0 saturated carbocycles. The molecule has 0 amide bonds. The highest BCUT2D eigenvalue weighted by atomic mass is 16.6. The van der Waals surface area contributed by atoms with E-state index in [0.29, 0.717) is 6.54 Å². The number of hydrogen-bond donors (Lipinski definition) is 4. The van der Waals surface area contributed by atoms with Gasteiger partial charge in [0.05, 0.1) is 12.2 Å². The number of hydrogen-bond acceptors (Lipinski definition) is 8. The Bertz CT molecular complexity index is 697. The lowest BCUT2D eigenvalue weighted by molar-refractivity contribution is -0.284. The lowest BCUT2D eigenvalue weighted by Gasteiger charge is -2.38. The zero-order valence-electron chi connectivity index (χ0n) is 14.5. The van der Waals surface area contributed by atoms with Gasteiger partial charge in [-0.25, -0.2) is 4.68 Å². The maximum absolute atomic E-state index is 9.99. The van der Waals surface area contributed by atoms with Crippen molar-refractivity contribution in [1.82, 2.24) is 19.9 Å². The van der Waals surface area contributed by atoms with Crippen LogP contribution in [-0.4, -0.2) is 78.1 Å². The van der Waals surface area contributed by atoms with Crippen molar-refractivity contribution in [2.75, 3.05) is 7.05 Å². The summed E-state index contributed by atoms with van der Waals surface area (Å²) in [6.45, 7) is 1.46. The van der Waals surface area contributed by atoms with Gasteiger partial charge in [0, 0.05) is 19.3 Å². The molecule has 0 bridgehead atoms. The van der Waals surface area contributed by atoms with Gasteiger partial charge in [-0.1, -0.05) is 35.5 Å². The summed E-state index contributed by atoms with van der Waals surface area (Å²) in [5.41, 5.74) is 1.94. The van der Waals surface area contributed by atoms with Crippen LogP contribution in [-0.2, 0) is 24.4 Å². The summed E-state index contributed by atoms with van der Waals surface area (Å²) >= 11 is 0. The summed E-state index contributed by atoms with van der Waals surface area (Å²) in [6, 6.07) is 10.1. The molecule has 0 spiro atoms. The van der Waals surface area contributed by atoms with Crippen molar-refractivity contribution in [2.24, 2.45) is 0 Å². The molecule has 1 fully saturated rings. The van der Waals surface area contributed by atoms with E-state index in [1.54, 1.807) is 6.20 Å². The van der Waals surface area contributed by atoms with E-state index in [0.717, 1.165) is 12.2 Å². The van der Waals surface area contributed by atoms with Crippen molar-refractivity contribution in [3.05, 3.63) is 47.8 Å². The third kappa shape index (κ3) is 4.44. The Kier molecular flexibility index (Phi) is 5.97. The van der Waals surface area contributed by atoms with E-state index in [-0.39, 0.29) is 6.54 Å². The van der Waals surface area contributed by atoms with Crippen LogP contribution in [0.4, 0.5) is 0 Å². The largest absolute Gasteiger partial charge is 0.388 e. The Hall–Kier alpha value is -1.88. The van der Waals surface area contributed by atoms with Gasteiger partial charge >= 0.3 is 0 Å². The van der Waals surface area contributed by atoms with Gasteiger partial charge in [-0.15, -0.1) is 5.10 Å². The molecule has 142 valence electrons. The van der Waals surface area contributed by atoms with Crippen molar-refractivity contribution in [1.29, 1.82) is 0 Å². The quantitative estimate of drug-likeness (QED) is 0.499. The molecular formula is C17H24N4O5. The van der Waals surface area contributed by atoms with Crippen LogP contribution in [0, 0.1) is 0 Å². The molecule has 3 rings (SSSR count). The molecular weight excluding hydrogens is 340 g/mol. The molecule has 9 nitrogen and oxygen atoms in total. The van der Waals surface area contributed by atoms with Gasteiger partial charge in [0.2, 0.25) is 0 Å². The first-order valence-electron chi connectivity index (χ1n) is 8.43. The fourth-order valence-electron chi connectivity index (χ4n) is 2.99. The topological polar surface area (TPSA) is 124 Å². The Morgan fingerprint density at radius 1 is 1.04 bits per heavy atom. The number of aliphatic hydroxyl groups excluding tert-OH is 4. The lowest BCUT2D eigenvalue weighted by atomic mass is 9.99. The molecule has 1 saturated heterocycles. The Morgan fingerprint density at radius 2 is 1.77 bits per heavy atom. The van der Waals surface area contributed by atoms with Crippen molar-refractivity contribution < 1.29 is 25.2 Å². The van der Waals surface area contributed by atoms with Crippen molar-refractivity contribution in [2.45, 2.75) is 50.3 Å².